The van der Waals surface area contributed by atoms with E-state index in [9.17, 15) is 4.79 Å². The van der Waals surface area contributed by atoms with Crippen LogP contribution in [-0.4, -0.2) is 18.0 Å². The summed E-state index contributed by atoms with van der Waals surface area (Å²) in [4.78, 5) is 15.3. The summed E-state index contributed by atoms with van der Waals surface area (Å²) < 4.78 is 5.23. The van der Waals surface area contributed by atoms with Gasteiger partial charge in [-0.3, -0.25) is 4.79 Å². The second-order valence-electron chi connectivity index (χ2n) is 4.96. The van der Waals surface area contributed by atoms with Gasteiger partial charge in [-0.2, -0.15) is 0 Å². The first-order chi connectivity index (χ1) is 10.7. The number of methoxy groups -OCH3 is 1. The first-order valence-corrected chi connectivity index (χ1v) is 7.23. The van der Waals surface area contributed by atoms with Crippen LogP contribution < -0.4 is 10.1 Å². The Balaban J connectivity index is 1.77. The molecule has 0 aliphatic heterocycles. The molecule has 0 aliphatic rings. The molecule has 2 aromatic carbocycles. The molecule has 0 atom stereocenters. The molecule has 1 heterocycles. The molecule has 112 valence electrons. The molecule has 0 aliphatic carbocycles. The number of hydrogen-bond donors (Lipinski definition) is 2. The van der Waals surface area contributed by atoms with Crippen LogP contribution in [0.4, 0.5) is 5.69 Å². The first-order valence-electron chi connectivity index (χ1n) is 6.85. The number of carbonyl (C=O) groups is 1. The third kappa shape index (κ3) is 3.07. The van der Waals surface area contributed by atoms with Gasteiger partial charge in [0, 0.05) is 27.8 Å². The number of amides is 1. The van der Waals surface area contributed by atoms with E-state index in [0.29, 0.717) is 5.02 Å². The number of rotatable bonds is 4. The van der Waals surface area contributed by atoms with Crippen molar-refractivity contribution in [3.63, 3.8) is 0 Å². The Morgan fingerprint density at radius 3 is 2.73 bits per heavy atom. The van der Waals surface area contributed by atoms with E-state index in [4.69, 9.17) is 16.3 Å². The number of ether oxygens (including phenoxy) is 1. The predicted octanol–water partition coefficient (Wildman–Crippen LogP) is 4.01. The summed E-state index contributed by atoms with van der Waals surface area (Å²) in [5.74, 6) is 0.692. The van der Waals surface area contributed by atoms with Gasteiger partial charge in [0.15, 0.2) is 0 Å². The highest BCUT2D eigenvalue weighted by atomic mass is 35.5. The molecule has 0 radical (unpaired) electrons. The summed E-state index contributed by atoms with van der Waals surface area (Å²) in [7, 11) is 1.63. The van der Waals surface area contributed by atoms with Crippen molar-refractivity contribution >= 4 is 34.1 Å². The Bertz CT molecular complexity index is 809. The molecular weight excluding hydrogens is 300 g/mol. The molecule has 0 fully saturated rings. The topological polar surface area (TPSA) is 54.1 Å². The van der Waals surface area contributed by atoms with Crippen molar-refractivity contribution in [2.24, 2.45) is 0 Å². The monoisotopic (exact) mass is 314 g/mol. The average molecular weight is 315 g/mol. The lowest BCUT2D eigenvalue weighted by atomic mass is 10.1. The lowest BCUT2D eigenvalue weighted by molar-refractivity contribution is -0.115. The molecule has 5 heteroatoms. The Morgan fingerprint density at radius 1 is 1.23 bits per heavy atom. The molecule has 0 spiro atoms. The van der Waals surface area contributed by atoms with Crippen LogP contribution >= 0.6 is 11.6 Å². The summed E-state index contributed by atoms with van der Waals surface area (Å²) in [6.07, 6.45) is 2.14. The molecular formula is C17H15ClN2O2. The van der Waals surface area contributed by atoms with E-state index < -0.39 is 0 Å². The second kappa shape index (κ2) is 6.12. The van der Waals surface area contributed by atoms with Gasteiger partial charge in [0.05, 0.1) is 13.5 Å². The molecule has 1 amide bonds. The van der Waals surface area contributed by atoms with E-state index in [0.717, 1.165) is 27.9 Å². The van der Waals surface area contributed by atoms with Crippen LogP contribution in [0.3, 0.4) is 0 Å². The number of halogens is 1. The molecule has 0 bridgehead atoms. The van der Waals surface area contributed by atoms with Gasteiger partial charge in [-0.25, -0.2) is 0 Å². The normalized spacial score (nSPS) is 10.6. The molecule has 3 aromatic rings. The van der Waals surface area contributed by atoms with Crippen molar-refractivity contribution in [1.29, 1.82) is 0 Å². The summed E-state index contributed by atoms with van der Waals surface area (Å²) in [5, 5.41) is 4.49. The first kappa shape index (κ1) is 14.5. The van der Waals surface area contributed by atoms with Gasteiger partial charge in [0.2, 0.25) is 5.91 Å². The number of anilines is 1. The van der Waals surface area contributed by atoms with E-state index in [1.807, 2.05) is 24.4 Å². The van der Waals surface area contributed by atoms with Crippen LogP contribution in [-0.2, 0) is 11.2 Å². The summed E-state index contributed by atoms with van der Waals surface area (Å²) in [5.41, 5.74) is 2.64. The van der Waals surface area contributed by atoms with Gasteiger partial charge in [-0.05, 0) is 48.0 Å². The van der Waals surface area contributed by atoms with E-state index in [-0.39, 0.29) is 12.3 Å². The van der Waals surface area contributed by atoms with Crippen LogP contribution in [0.2, 0.25) is 5.02 Å². The zero-order valence-corrected chi connectivity index (χ0v) is 12.8. The van der Waals surface area contributed by atoms with Crippen molar-refractivity contribution in [3.05, 3.63) is 59.2 Å². The van der Waals surface area contributed by atoms with Crippen LogP contribution in [0, 0.1) is 0 Å². The number of H-pyrrole nitrogens is 1. The molecule has 4 nitrogen and oxygen atoms in total. The fraction of sp³-hybridized carbons (Fsp3) is 0.118. The van der Waals surface area contributed by atoms with Crippen molar-refractivity contribution in [2.75, 3.05) is 12.4 Å². The number of aromatic amines is 1. The summed E-state index contributed by atoms with van der Waals surface area (Å²) in [6.45, 7) is 0. The van der Waals surface area contributed by atoms with E-state index in [1.54, 1.807) is 31.4 Å². The van der Waals surface area contributed by atoms with Crippen molar-refractivity contribution in [3.8, 4) is 5.75 Å². The standard InChI is InChI=1S/C17H15ClN2O2/c1-22-14-6-7-16-15(9-14)11(10-19-16)8-17(21)20-13-4-2-12(18)3-5-13/h2-7,9-10,19H,8H2,1H3,(H,20,21). The third-order valence-electron chi connectivity index (χ3n) is 3.45. The van der Waals surface area contributed by atoms with Gasteiger partial charge in [0.25, 0.3) is 0 Å². The van der Waals surface area contributed by atoms with Crippen molar-refractivity contribution in [1.82, 2.24) is 4.98 Å². The highest BCUT2D eigenvalue weighted by molar-refractivity contribution is 6.30. The minimum Gasteiger partial charge on any atom is -0.497 e. The molecule has 1 aromatic heterocycles. The van der Waals surface area contributed by atoms with Crippen LogP contribution in [0.1, 0.15) is 5.56 Å². The van der Waals surface area contributed by atoms with Gasteiger partial charge < -0.3 is 15.0 Å². The van der Waals surface area contributed by atoms with Gasteiger partial charge in [-0.15, -0.1) is 0 Å². The largest absolute Gasteiger partial charge is 0.497 e. The predicted molar refractivity (Wildman–Crippen MR) is 88.6 cm³/mol. The van der Waals surface area contributed by atoms with Crippen molar-refractivity contribution in [2.45, 2.75) is 6.42 Å². The maximum Gasteiger partial charge on any atom is 0.228 e. The number of nitrogens with one attached hydrogen (secondary N) is 2. The summed E-state index contributed by atoms with van der Waals surface area (Å²) in [6, 6.07) is 12.8. The Labute approximate surface area is 133 Å². The highest BCUT2D eigenvalue weighted by Crippen LogP contribution is 2.24. The molecule has 2 N–H and O–H groups in total. The number of carbonyl (C=O) groups excluding carboxylic acids is 1. The van der Waals surface area contributed by atoms with Crippen molar-refractivity contribution < 1.29 is 9.53 Å². The third-order valence-corrected chi connectivity index (χ3v) is 3.71. The molecule has 0 unspecified atom stereocenters. The van der Waals surface area contributed by atoms with E-state index >= 15 is 0 Å². The fourth-order valence-corrected chi connectivity index (χ4v) is 2.47. The minimum absolute atomic E-state index is 0.0777. The molecule has 0 saturated heterocycles. The van der Waals surface area contributed by atoms with Gasteiger partial charge >= 0.3 is 0 Å². The number of hydrogen-bond acceptors (Lipinski definition) is 2. The number of fused-ring (bicyclic) bond motifs is 1. The summed E-state index contributed by atoms with van der Waals surface area (Å²) >= 11 is 5.83. The Morgan fingerprint density at radius 2 is 2.00 bits per heavy atom. The maximum absolute atomic E-state index is 12.2. The number of benzene rings is 2. The zero-order valence-electron chi connectivity index (χ0n) is 12.0. The van der Waals surface area contributed by atoms with Gasteiger partial charge in [-0.1, -0.05) is 11.6 Å². The smallest absolute Gasteiger partial charge is 0.228 e. The quantitative estimate of drug-likeness (QED) is 0.764. The lowest BCUT2D eigenvalue weighted by Gasteiger charge is -2.05. The highest BCUT2D eigenvalue weighted by Gasteiger charge is 2.10. The van der Waals surface area contributed by atoms with Crippen LogP contribution in [0.25, 0.3) is 10.9 Å². The zero-order chi connectivity index (χ0) is 15.5. The van der Waals surface area contributed by atoms with E-state index in [2.05, 4.69) is 10.3 Å². The van der Waals surface area contributed by atoms with Gasteiger partial charge in [0.1, 0.15) is 5.75 Å². The van der Waals surface area contributed by atoms with E-state index in [1.165, 1.54) is 0 Å². The minimum atomic E-state index is -0.0777. The van der Waals surface area contributed by atoms with Crippen LogP contribution in [0.5, 0.6) is 5.75 Å². The average Bonchev–Trinajstić information content (AvgIpc) is 2.91. The SMILES string of the molecule is COc1ccc2[nH]cc(CC(=O)Nc3ccc(Cl)cc3)c2c1. The molecule has 0 saturated carbocycles. The molecule has 3 rings (SSSR count). The maximum atomic E-state index is 12.2. The Hall–Kier alpha value is -2.46. The fourth-order valence-electron chi connectivity index (χ4n) is 2.34. The second-order valence-corrected chi connectivity index (χ2v) is 5.39. The lowest BCUT2D eigenvalue weighted by Crippen LogP contribution is -2.14. The number of aromatic nitrogens is 1. The molecule has 22 heavy (non-hydrogen) atoms. The Kier molecular flexibility index (Phi) is 4.02. The van der Waals surface area contributed by atoms with Crippen LogP contribution in [0.15, 0.2) is 48.7 Å².